The molecule has 194 valence electrons. The number of carbonyl (C=O) groups excluding carboxylic acids is 1. The number of hydrogen-bond acceptors (Lipinski definition) is 3. The molecular formula is C31H48NO3+. The van der Waals surface area contributed by atoms with Gasteiger partial charge in [-0.2, -0.15) is 0 Å². The van der Waals surface area contributed by atoms with E-state index >= 15 is 0 Å². The van der Waals surface area contributed by atoms with Crippen LogP contribution in [-0.2, 0) is 22.5 Å². The standard InChI is InChI=1S/C31H48NO3/c1-5-6-7-8-9-11-16-28-19-14-20-30(25-28)34-23-15-24-35-31(33)27(2)21-22-32(3,4)26-29-17-12-10-13-18-29/h10,12-14,17-20,25,27H,5-9,11,15-16,21-24,26H2,1-4H3/q+1. The van der Waals surface area contributed by atoms with Gasteiger partial charge in [-0.25, -0.2) is 0 Å². The van der Waals surface area contributed by atoms with Crippen molar-refractivity contribution < 1.29 is 18.8 Å². The molecule has 1 atom stereocenters. The molecule has 2 aromatic rings. The van der Waals surface area contributed by atoms with E-state index < -0.39 is 0 Å². The molecule has 0 aliphatic heterocycles. The van der Waals surface area contributed by atoms with Crippen molar-refractivity contribution in [1.29, 1.82) is 0 Å². The topological polar surface area (TPSA) is 35.5 Å². The van der Waals surface area contributed by atoms with Crippen LogP contribution in [-0.4, -0.2) is 44.3 Å². The predicted molar refractivity (Wildman–Crippen MR) is 145 cm³/mol. The zero-order valence-corrected chi connectivity index (χ0v) is 22.6. The van der Waals surface area contributed by atoms with Crippen molar-refractivity contribution in [1.82, 2.24) is 0 Å². The number of ether oxygens (including phenoxy) is 2. The Morgan fingerprint density at radius 3 is 2.34 bits per heavy atom. The van der Waals surface area contributed by atoms with Gasteiger partial charge in [0.2, 0.25) is 0 Å². The lowest BCUT2D eigenvalue weighted by Gasteiger charge is -2.30. The Balaban J connectivity index is 1.58. The van der Waals surface area contributed by atoms with Crippen LogP contribution in [0.1, 0.15) is 76.3 Å². The van der Waals surface area contributed by atoms with E-state index in [1.165, 1.54) is 49.7 Å². The van der Waals surface area contributed by atoms with E-state index in [-0.39, 0.29) is 11.9 Å². The summed E-state index contributed by atoms with van der Waals surface area (Å²) in [6.45, 7) is 7.08. The normalized spacial score (nSPS) is 12.3. The fourth-order valence-electron chi connectivity index (χ4n) is 4.28. The summed E-state index contributed by atoms with van der Waals surface area (Å²) in [7, 11) is 4.43. The molecule has 0 aliphatic rings. The van der Waals surface area contributed by atoms with Crippen LogP contribution in [0.5, 0.6) is 5.75 Å². The highest BCUT2D eigenvalue weighted by molar-refractivity contribution is 5.71. The summed E-state index contributed by atoms with van der Waals surface area (Å²) in [4.78, 5) is 12.4. The van der Waals surface area contributed by atoms with Crippen molar-refractivity contribution in [3.8, 4) is 5.75 Å². The molecule has 0 spiro atoms. The van der Waals surface area contributed by atoms with Gasteiger partial charge in [0.1, 0.15) is 12.3 Å². The predicted octanol–water partition coefficient (Wildman–Crippen LogP) is 7.20. The molecule has 0 radical (unpaired) electrons. The van der Waals surface area contributed by atoms with E-state index in [1.54, 1.807) is 0 Å². The van der Waals surface area contributed by atoms with Crippen LogP contribution in [0.4, 0.5) is 0 Å². The second-order valence-corrected chi connectivity index (χ2v) is 10.5. The number of carbonyl (C=O) groups is 1. The van der Waals surface area contributed by atoms with Crippen LogP contribution >= 0.6 is 0 Å². The average Bonchev–Trinajstić information content (AvgIpc) is 2.85. The van der Waals surface area contributed by atoms with E-state index in [0.717, 1.165) is 36.2 Å². The number of esters is 1. The van der Waals surface area contributed by atoms with Gasteiger partial charge in [0.15, 0.2) is 0 Å². The van der Waals surface area contributed by atoms with E-state index in [4.69, 9.17) is 9.47 Å². The van der Waals surface area contributed by atoms with E-state index in [2.05, 4.69) is 63.5 Å². The molecule has 0 bridgehead atoms. The second kappa shape index (κ2) is 16.4. The summed E-state index contributed by atoms with van der Waals surface area (Å²) in [6.07, 6.45) is 10.5. The lowest BCUT2D eigenvalue weighted by atomic mass is 10.0. The van der Waals surface area contributed by atoms with Gasteiger partial charge in [-0.1, -0.05) is 88.4 Å². The minimum atomic E-state index is -0.106. The third-order valence-corrected chi connectivity index (χ3v) is 6.54. The summed E-state index contributed by atoms with van der Waals surface area (Å²) in [6, 6.07) is 18.9. The molecule has 4 nitrogen and oxygen atoms in total. The quantitative estimate of drug-likeness (QED) is 0.128. The van der Waals surface area contributed by atoms with Gasteiger partial charge in [-0.15, -0.1) is 0 Å². The summed E-state index contributed by atoms with van der Waals surface area (Å²) in [5.41, 5.74) is 2.66. The van der Waals surface area contributed by atoms with Gasteiger partial charge in [0.05, 0.1) is 39.8 Å². The van der Waals surface area contributed by atoms with Crippen molar-refractivity contribution in [2.24, 2.45) is 5.92 Å². The lowest BCUT2D eigenvalue weighted by molar-refractivity contribution is -0.904. The van der Waals surface area contributed by atoms with E-state index in [1.807, 2.05) is 19.1 Å². The molecule has 0 amide bonds. The molecule has 35 heavy (non-hydrogen) atoms. The number of benzene rings is 2. The van der Waals surface area contributed by atoms with Gasteiger partial charge >= 0.3 is 5.97 Å². The molecule has 0 N–H and O–H groups in total. The molecule has 0 aliphatic carbocycles. The highest BCUT2D eigenvalue weighted by Gasteiger charge is 2.21. The van der Waals surface area contributed by atoms with E-state index in [0.29, 0.717) is 19.6 Å². The van der Waals surface area contributed by atoms with Crippen LogP contribution in [0.2, 0.25) is 0 Å². The summed E-state index contributed by atoms with van der Waals surface area (Å²) >= 11 is 0. The number of rotatable bonds is 18. The van der Waals surface area contributed by atoms with Crippen LogP contribution in [0, 0.1) is 5.92 Å². The monoisotopic (exact) mass is 482 g/mol. The molecule has 0 fully saturated rings. The number of nitrogens with zero attached hydrogens (tertiary/aromatic N) is 1. The summed E-state index contributed by atoms with van der Waals surface area (Å²) < 4.78 is 12.3. The van der Waals surface area contributed by atoms with Crippen molar-refractivity contribution in [3.63, 3.8) is 0 Å². The molecule has 0 heterocycles. The van der Waals surface area contributed by atoms with Crippen molar-refractivity contribution >= 4 is 5.97 Å². The highest BCUT2D eigenvalue weighted by atomic mass is 16.5. The van der Waals surface area contributed by atoms with Gasteiger partial charge in [0.25, 0.3) is 0 Å². The van der Waals surface area contributed by atoms with E-state index in [9.17, 15) is 4.79 Å². The number of aryl methyl sites for hydroxylation is 1. The highest BCUT2D eigenvalue weighted by Crippen LogP contribution is 2.17. The van der Waals surface area contributed by atoms with Crippen molar-refractivity contribution in [2.45, 2.75) is 78.2 Å². The van der Waals surface area contributed by atoms with Gasteiger partial charge in [-0.3, -0.25) is 4.79 Å². The molecule has 2 aromatic carbocycles. The number of quaternary nitrogens is 1. The Morgan fingerprint density at radius 2 is 1.57 bits per heavy atom. The Hall–Kier alpha value is -2.33. The Bertz CT molecular complexity index is 834. The average molecular weight is 483 g/mol. The fourth-order valence-corrected chi connectivity index (χ4v) is 4.28. The van der Waals surface area contributed by atoms with Gasteiger partial charge in [0, 0.05) is 18.4 Å². The first-order chi connectivity index (χ1) is 16.9. The first kappa shape index (κ1) is 28.9. The van der Waals surface area contributed by atoms with Crippen molar-refractivity contribution in [3.05, 3.63) is 65.7 Å². The Morgan fingerprint density at radius 1 is 0.857 bits per heavy atom. The minimum absolute atomic E-state index is 0.0947. The van der Waals surface area contributed by atoms with Crippen LogP contribution in [0.25, 0.3) is 0 Å². The van der Waals surface area contributed by atoms with Crippen LogP contribution in [0.15, 0.2) is 54.6 Å². The van der Waals surface area contributed by atoms with Gasteiger partial charge in [-0.05, 0) is 30.5 Å². The third kappa shape index (κ3) is 12.8. The minimum Gasteiger partial charge on any atom is -0.493 e. The number of hydrogen-bond donors (Lipinski definition) is 0. The zero-order chi connectivity index (χ0) is 25.4. The Kier molecular flexibility index (Phi) is 13.5. The van der Waals surface area contributed by atoms with Crippen LogP contribution in [0.3, 0.4) is 0 Å². The maximum Gasteiger partial charge on any atom is 0.308 e. The smallest absolute Gasteiger partial charge is 0.308 e. The first-order valence-corrected chi connectivity index (χ1v) is 13.6. The zero-order valence-electron chi connectivity index (χ0n) is 22.6. The molecule has 0 saturated heterocycles. The summed E-state index contributed by atoms with van der Waals surface area (Å²) in [5, 5.41) is 0. The summed E-state index contributed by atoms with van der Waals surface area (Å²) in [5.74, 6) is 0.708. The second-order valence-electron chi connectivity index (χ2n) is 10.5. The molecule has 4 heteroatoms. The molecule has 0 saturated carbocycles. The van der Waals surface area contributed by atoms with Crippen LogP contribution < -0.4 is 4.74 Å². The van der Waals surface area contributed by atoms with Gasteiger partial charge < -0.3 is 14.0 Å². The first-order valence-electron chi connectivity index (χ1n) is 13.6. The SMILES string of the molecule is CCCCCCCCc1cccc(OCCCOC(=O)C(C)CC[N+](C)(C)Cc2ccccc2)c1. The molecule has 0 aromatic heterocycles. The maximum absolute atomic E-state index is 12.4. The van der Waals surface area contributed by atoms with Crippen molar-refractivity contribution in [2.75, 3.05) is 33.9 Å². The Labute approximate surface area is 214 Å². The largest absolute Gasteiger partial charge is 0.493 e. The fraction of sp³-hybridized carbons (Fsp3) is 0.581. The number of unbranched alkanes of at least 4 members (excludes halogenated alkanes) is 5. The maximum atomic E-state index is 12.4. The lowest BCUT2D eigenvalue weighted by Crippen LogP contribution is -2.40. The molecular weight excluding hydrogens is 434 g/mol. The third-order valence-electron chi connectivity index (χ3n) is 6.54. The molecule has 2 rings (SSSR count). The molecule has 1 unspecified atom stereocenters.